The van der Waals surface area contributed by atoms with E-state index in [2.05, 4.69) is 5.32 Å². The van der Waals surface area contributed by atoms with E-state index in [0.717, 1.165) is 12.8 Å². The van der Waals surface area contributed by atoms with Crippen LogP contribution in [0.25, 0.3) is 0 Å². The Morgan fingerprint density at radius 1 is 1.31 bits per heavy atom. The molecule has 3 N–H and O–H groups in total. The van der Waals surface area contributed by atoms with Gasteiger partial charge in [-0.1, -0.05) is 12.8 Å². The molecule has 1 spiro atoms. The van der Waals surface area contributed by atoms with Crippen LogP contribution in [0.3, 0.4) is 0 Å². The number of nitrogens with two attached hydrogens (primary N) is 1. The Morgan fingerprint density at radius 2 is 1.92 bits per heavy atom. The highest BCUT2D eigenvalue weighted by Crippen LogP contribution is 2.37. The van der Waals surface area contributed by atoms with Gasteiger partial charge in [-0.25, -0.2) is 13.6 Å². The van der Waals surface area contributed by atoms with E-state index in [1.807, 2.05) is 0 Å². The Kier molecular flexibility index (Phi) is 2.13. The zero-order valence-electron chi connectivity index (χ0n) is 7.62. The van der Waals surface area contributed by atoms with Gasteiger partial charge in [0.25, 0.3) is 0 Å². The molecule has 2 aliphatic rings. The van der Waals surface area contributed by atoms with Crippen LogP contribution in [0.5, 0.6) is 0 Å². The molecule has 0 aromatic rings. The molecule has 1 saturated carbocycles. The second kappa shape index (κ2) is 2.93. The van der Waals surface area contributed by atoms with Gasteiger partial charge in [-0.2, -0.15) is 0 Å². The number of primary sulfonamides is 1. The summed E-state index contributed by atoms with van der Waals surface area (Å²) < 4.78 is 22.2. The number of nitrogens with one attached hydrogen (secondary N) is 1. The second-order valence-corrected chi connectivity index (χ2v) is 6.13. The summed E-state index contributed by atoms with van der Waals surface area (Å²) in [4.78, 5) is 0. The molecule has 2 fully saturated rings. The zero-order chi connectivity index (χ0) is 9.53. The Labute approximate surface area is 78.9 Å². The molecule has 1 atom stereocenters. The van der Waals surface area contributed by atoms with Crippen LogP contribution in [0.4, 0.5) is 0 Å². The SMILES string of the molecule is NS(=O)(=O)C1CNC2(CCCC2)C1. The zero-order valence-corrected chi connectivity index (χ0v) is 8.44. The van der Waals surface area contributed by atoms with Crippen molar-refractivity contribution in [3.8, 4) is 0 Å². The monoisotopic (exact) mass is 204 g/mol. The first-order chi connectivity index (χ1) is 6.02. The van der Waals surface area contributed by atoms with Crippen molar-refractivity contribution in [1.29, 1.82) is 0 Å². The van der Waals surface area contributed by atoms with Gasteiger partial charge >= 0.3 is 0 Å². The van der Waals surface area contributed by atoms with Crippen LogP contribution in [0.1, 0.15) is 32.1 Å². The predicted octanol–water partition coefficient (Wildman–Crippen LogP) is -0.0504. The number of sulfonamides is 1. The Hall–Kier alpha value is -0.130. The van der Waals surface area contributed by atoms with E-state index >= 15 is 0 Å². The lowest BCUT2D eigenvalue weighted by Gasteiger charge is -2.22. The highest BCUT2D eigenvalue weighted by Gasteiger charge is 2.44. The molecular weight excluding hydrogens is 188 g/mol. The lowest BCUT2D eigenvalue weighted by Crippen LogP contribution is -2.35. The maximum Gasteiger partial charge on any atom is 0.213 e. The summed E-state index contributed by atoms with van der Waals surface area (Å²) in [5.74, 6) is 0. The smallest absolute Gasteiger partial charge is 0.213 e. The minimum atomic E-state index is -3.33. The first-order valence-corrected chi connectivity index (χ1v) is 6.39. The van der Waals surface area contributed by atoms with E-state index in [4.69, 9.17) is 5.14 Å². The normalized spacial score (nSPS) is 32.8. The highest BCUT2D eigenvalue weighted by molar-refractivity contribution is 7.89. The van der Waals surface area contributed by atoms with Crippen molar-refractivity contribution in [2.24, 2.45) is 5.14 Å². The summed E-state index contributed by atoms with van der Waals surface area (Å²) in [6.45, 7) is 0.541. The van der Waals surface area contributed by atoms with E-state index in [1.54, 1.807) is 0 Å². The highest BCUT2D eigenvalue weighted by atomic mass is 32.2. The maximum absolute atomic E-state index is 11.1. The molecule has 5 heteroatoms. The fraction of sp³-hybridized carbons (Fsp3) is 1.00. The third-order valence-electron chi connectivity index (χ3n) is 3.35. The van der Waals surface area contributed by atoms with Crippen molar-refractivity contribution in [2.45, 2.75) is 42.9 Å². The van der Waals surface area contributed by atoms with E-state index < -0.39 is 10.0 Å². The van der Waals surface area contributed by atoms with Gasteiger partial charge in [-0.3, -0.25) is 0 Å². The van der Waals surface area contributed by atoms with Crippen molar-refractivity contribution >= 4 is 10.0 Å². The van der Waals surface area contributed by atoms with Crippen LogP contribution < -0.4 is 10.5 Å². The van der Waals surface area contributed by atoms with E-state index in [0.29, 0.717) is 13.0 Å². The van der Waals surface area contributed by atoms with Crippen molar-refractivity contribution in [2.75, 3.05) is 6.54 Å². The Bertz CT molecular complexity index is 293. The van der Waals surface area contributed by atoms with Crippen LogP contribution in [0, 0.1) is 0 Å². The molecule has 13 heavy (non-hydrogen) atoms. The third kappa shape index (κ3) is 1.73. The molecule has 4 nitrogen and oxygen atoms in total. The average Bonchev–Trinajstić information content (AvgIpc) is 2.60. The van der Waals surface area contributed by atoms with Gasteiger partial charge in [-0.15, -0.1) is 0 Å². The van der Waals surface area contributed by atoms with Crippen molar-refractivity contribution in [1.82, 2.24) is 5.32 Å². The van der Waals surface area contributed by atoms with Crippen LogP contribution in [0.15, 0.2) is 0 Å². The molecule has 0 aromatic heterocycles. The summed E-state index contributed by atoms with van der Waals surface area (Å²) in [6.07, 6.45) is 5.36. The van der Waals surface area contributed by atoms with E-state index in [-0.39, 0.29) is 10.8 Å². The van der Waals surface area contributed by atoms with Gasteiger partial charge in [0.2, 0.25) is 10.0 Å². The summed E-state index contributed by atoms with van der Waals surface area (Å²) >= 11 is 0. The fourth-order valence-corrected chi connectivity index (χ4v) is 3.44. The van der Waals surface area contributed by atoms with Gasteiger partial charge in [-0.05, 0) is 19.3 Å². The van der Waals surface area contributed by atoms with Crippen molar-refractivity contribution < 1.29 is 8.42 Å². The molecule has 1 aliphatic heterocycles. The molecule has 1 saturated heterocycles. The molecule has 0 amide bonds. The minimum absolute atomic E-state index is 0.108. The standard InChI is InChI=1S/C8H16N2O2S/c9-13(11,12)7-5-8(10-6-7)3-1-2-4-8/h7,10H,1-6H2,(H2,9,11,12). The van der Waals surface area contributed by atoms with Gasteiger partial charge in [0.05, 0.1) is 5.25 Å². The van der Waals surface area contributed by atoms with Crippen molar-refractivity contribution in [3.63, 3.8) is 0 Å². The fourth-order valence-electron chi connectivity index (χ4n) is 2.58. The lowest BCUT2D eigenvalue weighted by atomic mass is 9.96. The first-order valence-electron chi connectivity index (χ1n) is 4.79. The summed E-state index contributed by atoms with van der Waals surface area (Å²) in [5, 5.41) is 8.10. The van der Waals surface area contributed by atoms with Gasteiger partial charge in [0.15, 0.2) is 0 Å². The summed E-state index contributed by atoms with van der Waals surface area (Å²) in [6, 6.07) is 0. The molecule has 1 unspecified atom stereocenters. The molecule has 0 aromatic carbocycles. The quantitative estimate of drug-likeness (QED) is 0.629. The average molecular weight is 204 g/mol. The van der Waals surface area contributed by atoms with Crippen LogP contribution >= 0.6 is 0 Å². The summed E-state index contributed by atoms with van der Waals surface area (Å²) in [5.41, 5.74) is 0.108. The Balaban J connectivity index is 2.09. The van der Waals surface area contributed by atoms with Gasteiger partial charge < -0.3 is 5.32 Å². The van der Waals surface area contributed by atoms with Gasteiger partial charge in [0.1, 0.15) is 0 Å². The Morgan fingerprint density at radius 3 is 2.38 bits per heavy atom. The predicted molar refractivity (Wildman–Crippen MR) is 50.7 cm³/mol. The minimum Gasteiger partial charge on any atom is -0.310 e. The lowest BCUT2D eigenvalue weighted by molar-refractivity contribution is 0.388. The molecule has 0 bridgehead atoms. The topological polar surface area (TPSA) is 72.2 Å². The maximum atomic E-state index is 11.1. The first kappa shape index (κ1) is 9.43. The third-order valence-corrected chi connectivity index (χ3v) is 4.61. The molecule has 0 radical (unpaired) electrons. The molecule has 1 aliphatic carbocycles. The van der Waals surface area contributed by atoms with Crippen LogP contribution in [-0.4, -0.2) is 25.8 Å². The van der Waals surface area contributed by atoms with Crippen molar-refractivity contribution in [3.05, 3.63) is 0 Å². The van der Waals surface area contributed by atoms with E-state index in [9.17, 15) is 8.42 Å². The van der Waals surface area contributed by atoms with E-state index in [1.165, 1.54) is 12.8 Å². The van der Waals surface area contributed by atoms with Crippen LogP contribution in [-0.2, 0) is 10.0 Å². The number of hydrogen-bond donors (Lipinski definition) is 2. The molecule has 1 heterocycles. The molecule has 76 valence electrons. The second-order valence-electron chi connectivity index (χ2n) is 4.28. The largest absolute Gasteiger partial charge is 0.310 e. The molecular formula is C8H16N2O2S. The number of rotatable bonds is 1. The van der Waals surface area contributed by atoms with Gasteiger partial charge in [0, 0.05) is 12.1 Å². The molecule has 2 rings (SSSR count). The number of hydrogen-bond acceptors (Lipinski definition) is 3. The summed E-state index contributed by atoms with van der Waals surface area (Å²) in [7, 11) is -3.33. The van der Waals surface area contributed by atoms with Crippen LogP contribution in [0.2, 0.25) is 0 Å².